The predicted molar refractivity (Wildman–Crippen MR) is 120 cm³/mol. The quantitative estimate of drug-likeness (QED) is 0.483. The molecule has 2 aliphatic heterocycles. The molecular weight excluding hydrogens is 489 g/mol. The van der Waals surface area contributed by atoms with Crippen molar-refractivity contribution in [3.63, 3.8) is 0 Å². The summed E-state index contributed by atoms with van der Waals surface area (Å²) < 4.78 is 39.0. The fraction of sp³-hybridized carbons (Fsp3) is 0.478. The van der Waals surface area contributed by atoms with Gasteiger partial charge in [0.1, 0.15) is 6.54 Å². The van der Waals surface area contributed by atoms with Gasteiger partial charge in [-0.2, -0.15) is 13.2 Å². The van der Waals surface area contributed by atoms with Crippen LogP contribution in [-0.2, 0) is 25.4 Å². The number of nitrogens with one attached hydrogen (secondary N) is 1. The largest absolute Gasteiger partial charge is 0.417 e. The van der Waals surface area contributed by atoms with Gasteiger partial charge < -0.3 is 10.2 Å². The van der Waals surface area contributed by atoms with E-state index in [1.165, 1.54) is 6.07 Å². The number of likely N-dealkylation sites (tertiary alicyclic amines) is 1. The molecule has 12 heteroatoms. The lowest BCUT2D eigenvalue weighted by atomic mass is 9.85. The molecule has 1 aromatic rings. The molecule has 0 spiro atoms. The molecule has 35 heavy (non-hydrogen) atoms. The number of anilines is 1. The van der Waals surface area contributed by atoms with Crippen LogP contribution in [0.5, 0.6) is 0 Å². The van der Waals surface area contributed by atoms with Crippen molar-refractivity contribution in [3.8, 4) is 0 Å². The highest BCUT2D eigenvalue weighted by Gasteiger charge is 2.48. The van der Waals surface area contributed by atoms with Crippen molar-refractivity contribution in [1.29, 1.82) is 0 Å². The number of carbonyl (C=O) groups excluding carboxylic acids is 4. The standard InChI is InChI=1S/C23H24ClF3N4O4/c24-18-6-5-14(11-17(18)23(25,26)27)28-19(32)12-29-7-9-30(10-8-29)20(33)13-31-21(34)15-3-1-2-4-16(15)22(31)35/h1-2,5-6,11,15-16H,3-4,7-10,12-13H2,(H,28,32)/t15-,16-/m1/s1. The molecule has 0 bridgehead atoms. The number of halogens is 4. The minimum atomic E-state index is -4.64. The second-order valence-corrected chi connectivity index (χ2v) is 9.22. The van der Waals surface area contributed by atoms with Crippen LogP contribution in [0.2, 0.25) is 5.02 Å². The van der Waals surface area contributed by atoms with E-state index >= 15 is 0 Å². The molecule has 2 atom stereocenters. The number of rotatable bonds is 5. The summed E-state index contributed by atoms with van der Waals surface area (Å²) in [5.74, 6) is -2.20. The summed E-state index contributed by atoms with van der Waals surface area (Å²) in [4.78, 5) is 54.6. The van der Waals surface area contributed by atoms with E-state index in [-0.39, 0.29) is 48.3 Å². The Morgan fingerprint density at radius 1 is 0.971 bits per heavy atom. The van der Waals surface area contributed by atoms with Crippen LogP contribution in [-0.4, -0.2) is 77.6 Å². The predicted octanol–water partition coefficient (Wildman–Crippen LogP) is 2.39. The third-order valence-electron chi connectivity index (χ3n) is 6.54. The first-order valence-corrected chi connectivity index (χ1v) is 11.6. The average Bonchev–Trinajstić information content (AvgIpc) is 3.05. The number of carbonyl (C=O) groups is 4. The van der Waals surface area contributed by atoms with Crippen LogP contribution >= 0.6 is 11.6 Å². The van der Waals surface area contributed by atoms with Gasteiger partial charge in [0.15, 0.2) is 0 Å². The van der Waals surface area contributed by atoms with E-state index in [1.807, 2.05) is 12.2 Å². The van der Waals surface area contributed by atoms with Gasteiger partial charge in [-0.25, -0.2) is 0 Å². The highest BCUT2D eigenvalue weighted by atomic mass is 35.5. The highest BCUT2D eigenvalue weighted by Crippen LogP contribution is 2.36. The summed E-state index contributed by atoms with van der Waals surface area (Å²) in [6, 6.07) is 3.15. The Morgan fingerprint density at radius 3 is 2.14 bits per heavy atom. The van der Waals surface area contributed by atoms with Crippen molar-refractivity contribution in [2.24, 2.45) is 11.8 Å². The Morgan fingerprint density at radius 2 is 1.57 bits per heavy atom. The first kappa shape index (κ1) is 25.2. The van der Waals surface area contributed by atoms with Gasteiger partial charge in [0.25, 0.3) is 0 Å². The zero-order valence-corrected chi connectivity index (χ0v) is 19.4. The molecule has 0 unspecified atom stereocenters. The van der Waals surface area contributed by atoms with E-state index in [9.17, 15) is 32.3 Å². The fourth-order valence-electron chi connectivity index (χ4n) is 4.64. The maximum absolute atomic E-state index is 13.0. The third-order valence-corrected chi connectivity index (χ3v) is 6.87. The van der Waals surface area contributed by atoms with Gasteiger partial charge in [0, 0.05) is 31.9 Å². The van der Waals surface area contributed by atoms with Crippen LogP contribution < -0.4 is 5.32 Å². The minimum absolute atomic E-state index is 0.0174. The molecule has 0 aromatic heterocycles. The molecule has 2 saturated heterocycles. The molecule has 0 saturated carbocycles. The van der Waals surface area contributed by atoms with Gasteiger partial charge in [-0.15, -0.1) is 0 Å². The molecule has 8 nitrogen and oxygen atoms in total. The number of piperazine rings is 1. The summed E-state index contributed by atoms with van der Waals surface area (Å²) in [6.07, 6.45) is 0.146. The lowest BCUT2D eigenvalue weighted by molar-refractivity contribution is -0.147. The summed E-state index contributed by atoms with van der Waals surface area (Å²) in [6.45, 7) is 0.982. The Labute approximate surface area is 204 Å². The fourth-order valence-corrected chi connectivity index (χ4v) is 4.86. The Balaban J connectivity index is 1.25. The SMILES string of the molecule is O=C(CN1CCN(C(=O)CN2C(=O)[C@@H]3CC=CC[C@H]3C2=O)CC1)Nc1ccc(Cl)c(C(F)(F)F)c1. The number of hydrogen-bond donors (Lipinski definition) is 1. The normalized spacial score (nSPS) is 23.0. The minimum Gasteiger partial charge on any atom is -0.339 e. The van der Waals surface area contributed by atoms with Crippen LogP contribution in [0, 0.1) is 11.8 Å². The monoisotopic (exact) mass is 512 g/mol. The summed E-state index contributed by atoms with van der Waals surface area (Å²) >= 11 is 5.60. The number of fused-ring (bicyclic) bond motifs is 1. The van der Waals surface area contributed by atoms with Gasteiger partial charge in [0.05, 0.1) is 29.0 Å². The van der Waals surface area contributed by atoms with E-state index in [0.29, 0.717) is 39.0 Å². The summed E-state index contributed by atoms with van der Waals surface area (Å²) in [5.41, 5.74) is -1.05. The van der Waals surface area contributed by atoms with Crippen molar-refractivity contribution in [1.82, 2.24) is 14.7 Å². The number of alkyl halides is 3. The van der Waals surface area contributed by atoms with Crippen LogP contribution in [0.25, 0.3) is 0 Å². The number of amides is 4. The second kappa shape index (κ2) is 9.98. The smallest absolute Gasteiger partial charge is 0.339 e. The van der Waals surface area contributed by atoms with Gasteiger partial charge in [-0.05, 0) is 31.0 Å². The highest BCUT2D eigenvalue weighted by molar-refractivity contribution is 6.31. The molecule has 188 valence electrons. The maximum atomic E-state index is 13.0. The summed E-state index contributed by atoms with van der Waals surface area (Å²) in [7, 11) is 0. The molecular formula is C23H24ClF3N4O4. The van der Waals surface area contributed by atoms with Crippen LogP contribution in [0.1, 0.15) is 18.4 Å². The van der Waals surface area contributed by atoms with Crippen LogP contribution in [0.15, 0.2) is 30.4 Å². The second-order valence-electron chi connectivity index (χ2n) is 8.82. The molecule has 0 radical (unpaired) electrons. The molecule has 4 amide bonds. The van der Waals surface area contributed by atoms with Crippen molar-refractivity contribution in [3.05, 3.63) is 40.9 Å². The first-order chi connectivity index (χ1) is 16.5. The lowest BCUT2D eigenvalue weighted by Crippen LogP contribution is -2.53. The number of nitrogens with zero attached hydrogens (tertiary/aromatic N) is 3. The zero-order chi connectivity index (χ0) is 25.3. The van der Waals surface area contributed by atoms with Gasteiger partial charge in [0.2, 0.25) is 23.6 Å². The molecule has 2 fully saturated rings. The van der Waals surface area contributed by atoms with Crippen molar-refractivity contribution in [2.45, 2.75) is 19.0 Å². The number of imide groups is 1. The maximum Gasteiger partial charge on any atom is 0.417 e. The van der Waals surface area contributed by atoms with Gasteiger partial charge in [-0.1, -0.05) is 23.8 Å². The Hall–Kier alpha value is -2.92. The van der Waals surface area contributed by atoms with E-state index < -0.39 is 22.7 Å². The van der Waals surface area contributed by atoms with Gasteiger partial charge >= 0.3 is 6.18 Å². The van der Waals surface area contributed by atoms with Crippen molar-refractivity contribution in [2.75, 3.05) is 44.6 Å². The van der Waals surface area contributed by atoms with Crippen LogP contribution in [0.4, 0.5) is 18.9 Å². The Bertz CT molecular complexity index is 1040. The van der Waals surface area contributed by atoms with Gasteiger partial charge in [-0.3, -0.25) is 29.0 Å². The van der Waals surface area contributed by atoms with E-state index in [1.54, 1.807) is 9.80 Å². The van der Waals surface area contributed by atoms with E-state index in [2.05, 4.69) is 5.32 Å². The summed E-state index contributed by atoms with van der Waals surface area (Å²) in [5, 5.41) is 1.98. The zero-order valence-electron chi connectivity index (χ0n) is 18.7. The topological polar surface area (TPSA) is 90.0 Å². The molecule has 1 aromatic carbocycles. The molecule has 3 aliphatic rings. The molecule has 4 rings (SSSR count). The first-order valence-electron chi connectivity index (χ1n) is 11.2. The van der Waals surface area contributed by atoms with E-state index in [4.69, 9.17) is 11.6 Å². The van der Waals surface area contributed by atoms with Crippen molar-refractivity contribution >= 4 is 40.9 Å². The van der Waals surface area contributed by atoms with Crippen molar-refractivity contribution < 1.29 is 32.3 Å². The molecule has 2 heterocycles. The average molecular weight is 513 g/mol. The lowest BCUT2D eigenvalue weighted by Gasteiger charge is -2.35. The number of allylic oxidation sites excluding steroid dienone is 2. The number of hydrogen-bond acceptors (Lipinski definition) is 5. The number of benzene rings is 1. The van der Waals surface area contributed by atoms with E-state index in [0.717, 1.165) is 17.0 Å². The third kappa shape index (κ3) is 5.51. The van der Waals surface area contributed by atoms with Crippen LogP contribution in [0.3, 0.4) is 0 Å². The Kier molecular flexibility index (Phi) is 7.18. The molecule has 1 N–H and O–H groups in total. The molecule has 1 aliphatic carbocycles.